The molecule has 1 aromatic heterocycles. The minimum absolute atomic E-state index is 0.111. The number of halogens is 1. The molecule has 0 saturated carbocycles. The second-order valence-corrected chi connectivity index (χ2v) is 10.1. The van der Waals surface area contributed by atoms with E-state index in [1.165, 1.54) is 11.8 Å². The first-order valence-corrected chi connectivity index (χ1v) is 13.0. The van der Waals surface area contributed by atoms with E-state index in [9.17, 15) is 4.79 Å². The summed E-state index contributed by atoms with van der Waals surface area (Å²) in [5.74, 6) is 2.00. The van der Waals surface area contributed by atoms with E-state index < -0.39 is 0 Å². The van der Waals surface area contributed by atoms with Crippen LogP contribution in [0.15, 0.2) is 104 Å². The molecule has 1 saturated heterocycles. The summed E-state index contributed by atoms with van der Waals surface area (Å²) in [6.07, 6.45) is 1.78. The molecular weight excluding hydrogens is 536 g/mol. The number of aliphatic imine (C=N–C) groups is 1. The Labute approximate surface area is 222 Å². The third-order valence-corrected chi connectivity index (χ3v) is 7.32. The van der Waals surface area contributed by atoms with Crippen molar-refractivity contribution in [3.8, 4) is 17.1 Å². The maximum atomic E-state index is 13.5. The predicted octanol–water partition coefficient (Wildman–Crippen LogP) is 7.83. The van der Waals surface area contributed by atoms with Gasteiger partial charge >= 0.3 is 0 Å². The molecule has 1 aliphatic rings. The molecule has 0 spiro atoms. The maximum absolute atomic E-state index is 13.5. The number of furan rings is 1. The number of ether oxygens (including phenoxy) is 1. The van der Waals surface area contributed by atoms with Gasteiger partial charge in [0.05, 0.1) is 24.2 Å². The Balaban J connectivity index is 1.45. The number of benzene rings is 3. The van der Waals surface area contributed by atoms with E-state index in [-0.39, 0.29) is 5.91 Å². The van der Waals surface area contributed by atoms with Gasteiger partial charge in [-0.15, -0.1) is 0 Å². The third-order valence-electron chi connectivity index (χ3n) is 5.66. The molecular formula is C29H23BrN2O3S. The van der Waals surface area contributed by atoms with Crippen LogP contribution in [0, 0.1) is 6.92 Å². The van der Waals surface area contributed by atoms with Crippen LogP contribution in [-0.4, -0.2) is 23.1 Å². The monoisotopic (exact) mass is 558 g/mol. The van der Waals surface area contributed by atoms with Gasteiger partial charge in [0.15, 0.2) is 5.17 Å². The molecule has 7 heteroatoms. The fourth-order valence-electron chi connectivity index (χ4n) is 3.78. The summed E-state index contributed by atoms with van der Waals surface area (Å²) in [6, 6.07) is 27.2. The Morgan fingerprint density at radius 1 is 1.03 bits per heavy atom. The van der Waals surface area contributed by atoms with E-state index in [1.54, 1.807) is 18.1 Å². The Hall–Kier alpha value is -3.55. The van der Waals surface area contributed by atoms with Crippen LogP contribution >= 0.6 is 27.7 Å². The molecule has 180 valence electrons. The summed E-state index contributed by atoms with van der Waals surface area (Å²) in [5.41, 5.74) is 3.90. The first-order chi connectivity index (χ1) is 17.5. The average molecular weight is 559 g/mol. The summed E-state index contributed by atoms with van der Waals surface area (Å²) in [4.78, 5) is 20.5. The van der Waals surface area contributed by atoms with Gasteiger partial charge in [-0.2, -0.15) is 0 Å². The lowest BCUT2D eigenvalue weighted by Gasteiger charge is -2.16. The van der Waals surface area contributed by atoms with Crippen molar-refractivity contribution in [1.82, 2.24) is 4.90 Å². The number of para-hydroxylation sites is 1. The highest BCUT2D eigenvalue weighted by Crippen LogP contribution is 2.37. The molecule has 1 fully saturated rings. The SMILES string of the molecule is COc1ccc(CN2C(=O)/C(=C/c3ccc(-c4ccc(C)cc4Br)o3)SC2=Nc2ccccc2)cc1. The molecule has 0 unspecified atom stereocenters. The smallest absolute Gasteiger partial charge is 0.267 e. The number of aryl methyl sites for hydroxylation is 1. The van der Waals surface area contributed by atoms with Gasteiger partial charge in [0.25, 0.3) is 5.91 Å². The number of hydrogen-bond acceptors (Lipinski definition) is 5. The molecule has 1 amide bonds. The van der Waals surface area contributed by atoms with Crippen LogP contribution < -0.4 is 4.74 Å². The summed E-state index contributed by atoms with van der Waals surface area (Å²) < 4.78 is 12.3. The van der Waals surface area contributed by atoms with Crippen molar-refractivity contribution < 1.29 is 13.9 Å². The highest BCUT2D eigenvalue weighted by atomic mass is 79.9. The Morgan fingerprint density at radius 2 is 1.81 bits per heavy atom. The van der Waals surface area contributed by atoms with Gasteiger partial charge in [0.1, 0.15) is 17.3 Å². The van der Waals surface area contributed by atoms with Crippen molar-refractivity contribution in [2.24, 2.45) is 4.99 Å². The fourth-order valence-corrected chi connectivity index (χ4v) is 5.45. The van der Waals surface area contributed by atoms with Crippen LogP contribution in [0.1, 0.15) is 16.9 Å². The van der Waals surface area contributed by atoms with Crippen LogP contribution in [0.25, 0.3) is 17.4 Å². The van der Waals surface area contributed by atoms with E-state index in [4.69, 9.17) is 14.1 Å². The van der Waals surface area contributed by atoms with Gasteiger partial charge < -0.3 is 9.15 Å². The lowest BCUT2D eigenvalue weighted by atomic mass is 10.1. The minimum atomic E-state index is -0.111. The molecule has 5 rings (SSSR count). The number of amides is 1. The molecule has 3 aromatic carbocycles. The van der Waals surface area contributed by atoms with Crippen molar-refractivity contribution in [1.29, 1.82) is 0 Å². The molecule has 0 atom stereocenters. The van der Waals surface area contributed by atoms with Crippen molar-refractivity contribution in [2.75, 3.05) is 7.11 Å². The van der Waals surface area contributed by atoms with E-state index in [0.29, 0.717) is 22.4 Å². The van der Waals surface area contributed by atoms with Crippen LogP contribution in [0.5, 0.6) is 5.75 Å². The largest absolute Gasteiger partial charge is 0.497 e. The Morgan fingerprint density at radius 3 is 2.53 bits per heavy atom. The van der Waals surface area contributed by atoms with Crippen LogP contribution in [0.4, 0.5) is 5.69 Å². The highest BCUT2D eigenvalue weighted by molar-refractivity contribution is 9.10. The number of amidine groups is 1. The molecule has 2 heterocycles. The number of carbonyl (C=O) groups is 1. The standard InChI is InChI=1S/C29H23BrN2O3S/c1-19-8-14-24(25(30)16-19)26-15-13-23(35-26)17-27-28(33)32(18-20-9-11-22(34-2)12-10-20)29(36-27)31-21-6-4-3-5-7-21/h3-17H,18H2,1-2H3/b27-17-,31-29?. The van der Waals surface area contributed by atoms with Crippen LogP contribution in [-0.2, 0) is 11.3 Å². The lowest BCUT2D eigenvalue weighted by Crippen LogP contribution is -2.28. The summed E-state index contributed by atoms with van der Waals surface area (Å²) in [5, 5.41) is 0.626. The topological polar surface area (TPSA) is 55.0 Å². The number of nitrogens with zero attached hydrogens (tertiary/aromatic N) is 2. The van der Waals surface area contributed by atoms with E-state index >= 15 is 0 Å². The van der Waals surface area contributed by atoms with Crippen molar-refractivity contribution in [3.63, 3.8) is 0 Å². The first-order valence-electron chi connectivity index (χ1n) is 11.3. The number of rotatable bonds is 6. The lowest BCUT2D eigenvalue weighted by molar-refractivity contribution is -0.122. The second kappa shape index (κ2) is 10.6. The number of carbonyl (C=O) groups excluding carboxylic acids is 1. The van der Waals surface area contributed by atoms with Gasteiger partial charge in [-0.3, -0.25) is 9.69 Å². The molecule has 0 bridgehead atoms. The zero-order chi connectivity index (χ0) is 25.1. The fraction of sp³-hybridized carbons (Fsp3) is 0.103. The number of methoxy groups -OCH3 is 1. The van der Waals surface area contributed by atoms with Crippen LogP contribution in [0.2, 0.25) is 0 Å². The predicted molar refractivity (Wildman–Crippen MR) is 149 cm³/mol. The van der Waals surface area contributed by atoms with Crippen molar-refractivity contribution in [3.05, 3.63) is 111 Å². The molecule has 5 nitrogen and oxygen atoms in total. The van der Waals surface area contributed by atoms with Gasteiger partial charge in [0, 0.05) is 16.1 Å². The van der Waals surface area contributed by atoms with Gasteiger partial charge in [-0.25, -0.2) is 4.99 Å². The molecule has 1 aliphatic heterocycles. The third kappa shape index (κ3) is 5.32. The Kier molecular flexibility index (Phi) is 7.11. The highest BCUT2D eigenvalue weighted by Gasteiger charge is 2.34. The van der Waals surface area contributed by atoms with Crippen LogP contribution in [0.3, 0.4) is 0 Å². The maximum Gasteiger partial charge on any atom is 0.267 e. The van der Waals surface area contributed by atoms with Gasteiger partial charge in [-0.1, -0.05) is 52.3 Å². The number of hydrogen-bond donors (Lipinski definition) is 0. The van der Waals surface area contributed by atoms with Gasteiger partial charge in [-0.05, 0) is 78.3 Å². The van der Waals surface area contributed by atoms with E-state index in [0.717, 1.165) is 38.4 Å². The quantitative estimate of drug-likeness (QED) is 0.226. The van der Waals surface area contributed by atoms with Gasteiger partial charge in [0.2, 0.25) is 0 Å². The first kappa shape index (κ1) is 24.2. The summed E-state index contributed by atoms with van der Waals surface area (Å²) in [6.45, 7) is 2.44. The Bertz CT molecular complexity index is 1460. The van der Waals surface area contributed by atoms with E-state index in [2.05, 4.69) is 22.0 Å². The molecule has 0 N–H and O–H groups in total. The molecule has 4 aromatic rings. The number of thioether (sulfide) groups is 1. The molecule has 0 aliphatic carbocycles. The normalized spacial score (nSPS) is 15.8. The second-order valence-electron chi connectivity index (χ2n) is 8.27. The van der Waals surface area contributed by atoms with E-state index in [1.807, 2.05) is 85.8 Å². The molecule has 36 heavy (non-hydrogen) atoms. The summed E-state index contributed by atoms with van der Waals surface area (Å²) in [7, 11) is 1.63. The molecule has 0 radical (unpaired) electrons. The zero-order valence-electron chi connectivity index (χ0n) is 19.8. The van der Waals surface area contributed by atoms with Crippen molar-refractivity contribution >= 4 is 50.5 Å². The zero-order valence-corrected chi connectivity index (χ0v) is 22.2. The minimum Gasteiger partial charge on any atom is -0.497 e. The average Bonchev–Trinajstić information content (AvgIpc) is 3.45. The summed E-state index contributed by atoms with van der Waals surface area (Å²) >= 11 is 4.96. The van der Waals surface area contributed by atoms with Crippen molar-refractivity contribution in [2.45, 2.75) is 13.5 Å².